The van der Waals surface area contributed by atoms with Crippen molar-refractivity contribution in [2.45, 2.75) is 45.2 Å². The van der Waals surface area contributed by atoms with E-state index in [-0.39, 0.29) is 0 Å². The highest BCUT2D eigenvalue weighted by Crippen LogP contribution is 2.32. The average molecular weight is 233 g/mol. The van der Waals surface area contributed by atoms with E-state index in [2.05, 4.69) is 43.0 Å². The van der Waals surface area contributed by atoms with Crippen LogP contribution < -0.4 is 4.74 Å². The van der Waals surface area contributed by atoms with E-state index in [4.69, 9.17) is 4.74 Å². The molecule has 0 aromatic heterocycles. The Balaban J connectivity index is 2.17. The first kappa shape index (κ1) is 12.4. The lowest BCUT2D eigenvalue weighted by atomic mass is 9.94. The van der Waals surface area contributed by atoms with Crippen LogP contribution in [-0.2, 0) is 0 Å². The molecule has 0 N–H and O–H groups in total. The van der Waals surface area contributed by atoms with Gasteiger partial charge in [-0.25, -0.2) is 0 Å². The minimum absolute atomic E-state index is 0.592. The van der Waals surface area contributed by atoms with Gasteiger partial charge in [-0.3, -0.25) is 4.90 Å². The molecule has 2 nitrogen and oxygen atoms in total. The van der Waals surface area contributed by atoms with Gasteiger partial charge < -0.3 is 4.74 Å². The minimum atomic E-state index is 0.592. The molecule has 94 valence electrons. The van der Waals surface area contributed by atoms with Crippen LogP contribution in [0.25, 0.3) is 0 Å². The number of hydrogen-bond acceptors (Lipinski definition) is 2. The van der Waals surface area contributed by atoms with Crippen LogP contribution in [-0.4, -0.2) is 24.6 Å². The fourth-order valence-corrected chi connectivity index (χ4v) is 2.76. The summed E-state index contributed by atoms with van der Waals surface area (Å²) in [6.45, 7) is 5.82. The summed E-state index contributed by atoms with van der Waals surface area (Å²) in [6, 6.07) is 9.79. The van der Waals surface area contributed by atoms with E-state index < -0.39 is 0 Å². The van der Waals surface area contributed by atoms with Crippen LogP contribution in [0.5, 0.6) is 5.75 Å². The molecule has 1 aliphatic heterocycles. The summed E-state index contributed by atoms with van der Waals surface area (Å²) in [4.78, 5) is 2.62. The molecule has 0 amide bonds. The summed E-state index contributed by atoms with van der Waals surface area (Å²) in [5, 5.41) is 0. The highest BCUT2D eigenvalue weighted by molar-refractivity contribution is 5.29. The van der Waals surface area contributed by atoms with Crippen molar-refractivity contribution in [3.05, 3.63) is 29.8 Å². The summed E-state index contributed by atoms with van der Waals surface area (Å²) in [7, 11) is 1.72. The highest BCUT2D eigenvalue weighted by Gasteiger charge is 2.25. The standard InChI is InChI=1S/C15H23NO/c1-12(2)16-11-5-4-6-15(16)13-7-9-14(17-3)10-8-13/h7-10,12,15H,4-6,11H2,1-3H3/t15-/m1/s1. The van der Waals surface area contributed by atoms with E-state index in [1.807, 2.05) is 0 Å². The maximum atomic E-state index is 5.22. The number of ether oxygens (including phenoxy) is 1. The molecular formula is C15H23NO. The third-order valence-corrected chi connectivity index (χ3v) is 3.71. The molecule has 0 unspecified atom stereocenters. The van der Waals surface area contributed by atoms with E-state index in [0.717, 1.165) is 5.75 Å². The third kappa shape index (κ3) is 2.81. The Hall–Kier alpha value is -1.02. The van der Waals surface area contributed by atoms with Gasteiger partial charge in [0.2, 0.25) is 0 Å². The normalized spacial score (nSPS) is 21.8. The summed E-state index contributed by atoms with van der Waals surface area (Å²) in [5.74, 6) is 0.945. The molecule has 1 aromatic carbocycles. The van der Waals surface area contributed by atoms with Crippen LogP contribution in [0.2, 0.25) is 0 Å². The van der Waals surface area contributed by atoms with Gasteiger partial charge in [-0.1, -0.05) is 18.6 Å². The second kappa shape index (κ2) is 5.54. The number of methoxy groups -OCH3 is 1. The first-order chi connectivity index (χ1) is 8.22. The molecule has 2 rings (SSSR count). The van der Waals surface area contributed by atoms with Gasteiger partial charge in [-0.15, -0.1) is 0 Å². The first-order valence-electron chi connectivity index (χ1n) is 6.62. The van der Waals surface area contributed by atoms with Gasteiger partial charge in [-0.05, 0) is 50.9 Å². The number of benzene rings is 1. The van der Waals surface area contributed by atoms with Crippen LogP contribution in [0.3, 0.4) is 0 Å². The summed E-state index contributed by atoms with van der Waals surface area (Å²) >= 11 is 0. The smallest absolute Gasteiger partial charge is 0.118 e. The summed E-state index contributed by atoms with van der Waals surface area (Å²) < 4.78 is 5.22. The van der Waals surface area contributed by atoms with E-state index in [9.17, 15) is 0 Å². The number of nitrogens with zero attached hydrogens (tertiary/aromatic N) is 1. The average Bonchev–Trinajstić information content (AvgIpc) is 2.39. The Kier molecular flexibility index (Phi) is 4.06. The quantitative estimate of drug-likeness (QED) is 0.790. The van der Waals surface area contributed by atoms with Crippen molar-refractivity contribution in [2.24, 2.45) is 0 Å². The third-order valence-electron chi connectivity index (χ3n) is 3.71. The Morgan fingerprint density at radius 1 is 1.18 bits per heavy atom. The molecule has 2 heteroatoms. The first-order valence-corrected chi connectivity index (χ1v) is 6.62. The molecule has 0 saturated carbocycles. The van der Waals surface area contributed by atoms with Crippen molar-refractivity contribution in [1.29, 1.82) is 0 Å². The molecule has 0 bridgehead atoms. The lowest BCUT2D eigenvalue weighted by Crippen LogP contribution is -2.38. The molecule has 1 aliphatic rings. The lowest BCUT2D eigenvalue weighted by molar-refractivity contribution is 0.112. The maximum absolute atomic E-state index is 5.22. The molecular weight excluding hydrogens is 210 g/mol. The molecule has 1 aromatic rings. The van der Waals surface area contributed by atoms with Crippen LogP contribution in [0.4, 0.5) is 0 Å². The van der Waals surface area contributed by atoms with Crippen LogP contribution in [0.15, 0.2) is 24.3 Å². The van der Waals surface area contributed by atoms with Crippen molar-refractivity contribution >= 4 is 0 Å². The summed E-state index contributed by atoms with van der Waals surface area (Å²) in [5.41, 5.74) is 1.43. The van der Waals surface area contributed by atoms with Gasteiger partial charge in [0, 0.05) is 12.1 Å². The Morgan fingerprint density at radius 2 is 1.88 bits per heavy atom. The van der Waals surface area contributed by atoms with Crippen molar-refractivity contribution in [2.75, 3.05) is 13.7 Å². The van der Waals surface area contributed by atoms with Gasteiger partial charge in [0.15, 0.2) is 0 Å². The van der Waals surface area contributed by atoms with Crippen LogP contribution in [0, 0.1) is 0 Å². The largest absolute Gasteiger partial charge is 0.497 e. The molecule has 1 saturated heterocycles. The van der Waals surface area contributed by atoms with Crippen molar-refractivity contribution < 1.29 is 4.74 Å². The highest BCUT2D eigenvalue weighted by atomic mass is 16.5. The Bertz CT molecular complexity index is 344. The zero-order chi connectivity index (χ0) is 12.3. The second-order valence-corrected chi connectivity index (χ2v) is 5.12. The predicted octanol–water partition coefficient (Wildman–Crippen LogP) is 3.63. The summed E-state index contributed by atoms with van der Waals surface area (Å²) in [6.07, 6.45) is 3.97. The maximum Gasteiger partial charge on any atom is 0.118 e. The minimum Gasteiger partial charge on any atom is -0.497 e. The van der Waals surface area contributed by atoms with Gasteiger partial charge in [-0.2, -0.15) is 0 Å². The fraction of sp³-hybridized carbons (Fsp3) is 0.600. The van der Waals surface area contributed by atoms with Crippen molar-refractivity contribution in [3.8, 4) is 5.75 Å². The monoisotopic (exact) mass is 233 g/mol. The van der Waals surface area contributed by atoms with Gasteiger partial charge in [0.05, 0.1) is 7.11 Å². The molecule has 1 fully saturated rings. The zero-order valence-corrected chi connectivity index (χ0v) is 11.1. The second-order valence-electron chi connectivity index (χ2n) is 5.12. The number of rotatable bonds is 3. The van der Waals surface area contributed by atoms with Gasteiger partial charge >= 0.3 is 0 Å². The van der Waals surface area contributed by atoms with E-state index in [1.165, 1.54) is 31.4 Å². The molecule has 17 heavy (non-hydrogen) atoms. The van der Waals surface area contributed by atoms with Gasteiger partial charge in [0.1, 0.15) is 5.75 Å². The molecule has 1 atom stereocenters. The SMILES string of the molecule is COc1ccc([C@H]2CCCCN2C(C)C)cc1. The number of hydrogen-bond donors (Lipinski definition) is 0. The van der Waals surface area contributed by atoms with Crippen LogP contribution in [0.1, 0.15) is 44.7 Å². The Labute approximate surface area is 105 Å². The number of likely N-dealkylation sites (tertiary alicyclic amines) is 1. The molecule has 0 aliphatic carbocycles. The van der Waals surface area contributed by atoms with E-state index in [1.54, 1.807) is 7.11 Å². The molecule has 1 heterocycles. The topological polar surface area (TPSA) is 12.5 Å². The predicted molar refractivity (Wildman–Crippen MR) is 71.4 cm³/mol. The fourth-order valence-electron chi connectivity index (χ4n) is 2.76. The zero-order valence-electron chi connectivity index (χ0n) is 11.1. The lowest BCUT2D eigenvalue weighted by Gasteiger charge is -2.39. The van der Waals surface area contributed by atoms with E-state index in [0.29, 0.717) is 12.1 Å². The molecule has 0 radical (unpaired) electrons. The van der Waals surface area contributed by atoms with E-state index >= 15 is 0 Å². The molecule has 0 spiro atoms. The van der Waals surface area contributed by atoms with Crippen molar-refractivity contribution in [1.82, 2.24) is 4.90 Å². The van der Waals surface area contributed by atoms with Crippen molar-refractivity contribution in [3.63, 3.8) is 0 Å². The van der Waals surface area contributed by atoms with Gasteiger partial charge in [0.25, 0.3) is 0 Å². The Morgan fingerprint density at radius 3 is 2.47 bits per heavy atom. The number of piperidine rings is 1. The van der Waals surface area contributed by atoms with Crippen LogP contribution >= 0.6 is 0 Å².